The van der Waals surface area contributed by atoms with E-state index in [0.29, 0.717) is 39.5 Å². The number of esters is 1. The molecule has 186 valence electrons. The molecule has 3 heterocycles. The summed E-state index contributed by atoms with van der Waals surface area (Å²) in [6.45, 7) is 4.37. The van der Waals surface area contributed by atoms with Gasteiger partial charge in [0.15, 0.2) is 16.7 Å². The van der Waals surface area contributed by atoms with Gasteiger partial charge in [0.1, 0.15) is 0 Å². The van der Waals surface area contributed by atoms with Crippen LogP contribution in [0, 0.1) is 0 Å². The van der Waals surface area contributed by atoms with E-state index in [1.54, 1.807) is 26.0 Å². The molecule has 0 aromatic heterocycles. The number of rotatable bonds is 7. The summed E-state index contributed by atoms with van der Waals surface area (Å²) in [6, 6.07) is 12.4. The molecule has 2 aromatic carbocycles. The number of nitrogens with zero attached hydrogens (tertiary/aromatic N) is 2. The first-order valence-electron chi connectivity index (χ1n) is 11.5. The Morgan fingerprint density at radius 1 is 1.19 bits per heavy atom. The van der Waals surface area contributed by atoms with Gasteiger partial charge in [0.05, 0.1) is 30.3 Å². The van der Waals surface area contributed by atoms with Crippen molar-refractivity contribution in [1.82, 2.24) is 10.2 Å². The molecule has 5 rings (SSSR count). The SMILES string of the molecule is CCOC(=O)C1=C(C)N=C2SC=C(CC(=O)NCc3ccc4c(c3)OCO4)N2[C@H]1c1ccc(Cl)cc1. The third kappa shape index (κ3) is 4.81. The zero-order chi connectivity index (χ0) is 25.2. The van der Waals surface area contributed by atoms with Crippen molar-refractivity contribution in [2.24, 2.45) is 4.99 Å². The Morgan fingerprint density at radius 3 is 2.75 bits per heavy atom. The summed E-state index contributed by atoms with van der Waals surface area (Å²) >= 11 is 7.56. The lowest BCUT2D eigenvalue weighted by atomic mass is 9.94. The highest BCUT2D eigenvalue weighted by Gasteiger charge is 2.41. The van der Waals surface area contributed by atoms with Gasteiger partial charge < -0.3 is 24.4 Å². The number of nitrogens with one attached hydrogen (secondary N) is 1. The monoisotopic (exact) mass is 525 g/mol. The van der Waals surface area contributed by atoms with Crippen molar-refractivity contribution in [3.63, 3.8) is 0 Å². The van der Waals surface area contributed by atoms with Gasteiger partial charge in [-0.05, 0) is 54.6 Å². The summed E-state index contributed by atoms with van der Waals surface area (Å²) in [5.74, 6) is 0.787. The number of halogens is 1. The summed E-state index contributed by atoms with van der Waals surface area (Å²) in [5.41, 5.74) is 3.54. The minimum atomic E-state index is -0.489. The molecule has 0 spiro atoms. The molecule has 8 nitrogen and oxygen atoms in total. The Morgan fingerprint density at radius 2 is 1.97 bits per heavy atom. The molecule has 1 atom stereocenters. The number of benzene rings is 2. The van der Waals surface area contributed by atoms with Crippen LogP contribution in [0.4, 0.5) is 0 Å². The summed E-state index contributed by atoms with van der Waals surface area (Å²) in [6.07, 6.45) is 0.121. The topological polar surface area (TPSA) is 89.5 Å². The average molecular weight is 526 g/mol. The lowest BCUT2D eigenvalue weighted by Crippen LogP contribution is -2.38. The molecule has 36 heavy (non-hydrogen) atoms. The second-order valence-corrected chi connectivity index (χ2v) is 9.58. The van der Waals surface area contributed by atoms with Gasteiger partial charge in [-0.25, -0.2) is 9.79 Å². The molecule has 1 amide bonds. The Balaban J connectivity index is 1.36. The van der Waals surface area contributed by atoms with Crippen LogP contribution in [0.1, 0.15) is 37.4 Å². The van der Waals surface area contributed by atoms with E-state index >= 15 is 0 Å². The number of hydrogen-bond acceptors (Lipinski definition) is 8. The number of carbonyl (C=O) groups is 2. The van der Waals surface area contributed by atoms with Crippen LogP contribution < -0.4 is 14.8 Å². The fraction of sp³-hybridized carbons (Fsp3) is 0.269. The van der Waals surface area contributed by atoms with Crippen LogP contribution in [-0.4, -0.2) is 35.3 Å². The quantitative estimate of drug-likeness (QED) is 0.513. The number of aliphatic imine (C=N–C) groups is 1. The third-order valence-electron chi connectivity index (χ3n) is 5.95. The van der Waals surface area contributed by atoms with Crippen LogP contribution in [0.15, 0.2) is 69.8 Å². The van der Waals surface area contributed by atoms with Gasteiger partial charge in [-0.2, -0.15) is 0 Å². The first-order valence-corrected chi connectivity index (χ1v) is 12.7. The Kier molecular flexibility index (Phi) is 6.93. The van der Waals surface area contributed by atoms with Crippen molar-refractivity contribution < 1.29 is 23.8 Å². The molecule has 0 saturated heterocycles. The van der Waals surface area contributed by atoms with E-state index in [0.717, 1.165) is 16.8 Å². The van der Waals surface area contributed by atoms with Crippen LogP contribution in [0.2, 0.25) is 5.02 Å². The minimum absolute atomic E-state index is 0.121. The summed E-state index contributed by atoms with van der Waals surface area (Å²) < 4.78 is 16.1. The molecule has 10 heteroatoms. The van der Waals surface area contributed by atoms with Crippen molar-refractivity contribution in [3.8, 4) is 11.5 Å². The first-order chi connectivity index (χ1) is 17.4. The molecular formula is C26H24ClN3O5S. The zero-order valence-corrected chi connectivity index (χ0v) is 21.3. The van der Waals surface area contributed by atoms with E-state index in [4.69, 9.17) is 25.8 Å². The first kappa shape index (κ1) is 24.3. The highest BCUT2D eigenvalue weighted by atomic mass is 35.5. The molecule has 0 radical (unpaired) electrons. The fourth-order valence-corrected chi connectivity index (χ4v) is 5.37. The maximum absolute atomic E-state index is 13.0. The van der Waals surface area contributed by atoms with Gasteiger partial charge in [-0.1, -0.05) is 41.6 Å². The average Bonchev–Trinajstić information content (AvgIpc) is 3.49. The van der Waals surface area contributed by atoms with E-state index in [1.165, 1.54) is 11.8 Å². The number of amidine groups is 1. The predicted molar refractivity (Wildman–Crippen MR) is 138 cm³/mol. The smallest absolute Gasteiger partial charge is 0.338 e. The standard InChI is InChI=1S/C26H24ClN3O5S/c1-3-33-25(32)23-15(2)29-26-30(24(23)17-5-7-18(27)8-6-17)19(13-36-26)11-22(31)28-12-16-4-9-20-21(10-16)35-14-34-20/h4-10,13,24H,3,11-12,14H2,1-2H3,(H,28,31)/t24-/m0/s1. The summed E-state index contributed by atoms with van der Waals surface area (Å²) in [5, 5.41) is 6.17. The van der Waals surface area contributed by atoms with Crippen LogP contribution in [0.25, 0.3) is 0 Å². The summed E-state index contributed by atoms with van der Waals surface area (Å²) in [7, 11) is 0. The molecule has 0 fully saturated rings. The van der Waals surface area contributed by atoms with E-state index in [2.05, 4.69) is 10.3 Å². The van der Waals surface area contributed by atoms with Crippen molar-refractivity contribution in [2.45, 2.75) is 32.9 Å². The second kappa shape index (κ2) is 10.3. The van der Waals surface area contributed by atoms with E-state index in [-0.39, 0.29) is 25.7 Å². The number of amides is 1. The summed E-state index contributed by atoms with van der Waals surface area (Å²) in [4.78, 5) is 32.5. The highest BCUT2D eigenvalue weighted by molar-refractivity contribution is 8.16. The number of thioether (sulfide) groups is 1. The van der Waals surface area contributed by atoms with Crippen LogP contribution >= 0.6 is 23.4 Å². The van der Waals surface area contributed by atoms with E-state index in [9.17, 15) is 9.59 Å². The van der Waals surface area contributed by atoms with Crippen LogP contribution in [0.5, 0.6) is 11.5 Å². The third-order valence-corrected chi connectivity index (χ3v) is 7.09. The van der Waals surface area contributed by atoms with Crippen molar-refractivity contribution in [2.75, 3.05) is 13.4 Å². The lowest BCUT2D eigenvalue weighted by Gasteiger charge is -2.36. The van der Waals surface area contributed by atoms with E-state index < -0.39 is 12.0 Å². The van der Waals surface area contributed by atoms with Crippen molar-refractivity contribution in [1.29, 1.82) is 0 Å². The normalized spacial score (nSPS) is 18.0. The van der Waals surface area contributed by atoms with Gasteiger partial charge in [0.25, 0.3) is 0 Å². The van der Waals surface area contributed by atoms with Gasteiger partial charge in [-0.15, -0.1) is 0 Å². The van der Waals surface area contributed by atoms with Crippen molar-refractivity contribution >= 4 is 40.4 Å². The van der Waals surface area contributed by atoms with Crippen LogP contribution in [-0.2, 0) is 20.9 Å². The molecule has 0 aliphatic carbocycles. The maximum Gasteiger partial charge on any atom is 0.338 e. The van der Waals surface area contributed by atoms with Gasteiger partial charge in [0.2, 0.25) is 12.7 Å². The molecule has 2 aromatic rings. The largest absolute Gasteiger partial charge is 0.463 e. The number of fused-ring (bicyclic) bond motifs is 2. The van der Waals surface area contributed by atoms with Gasteiger partial charge >= 0.3 is 5.97 Å². The Bertz CT molecular complexity index is 1310. The molecule has 0 saturated carbocycles. The number of carbonyl (C=O) groups excluding carboxylic acids is 2. The molecule has 0 unspecified atom stereocenters. The number of allylic oxidation sites excluding steroid dienone is 1. The van der Waals surface area contributed by atoms with E-state index in [1.807, 2.05) is 40.6 Å². The highest BCUT2D eigenvalue weighted by Crippen LogP contribution is 2.45. The molecule has 1 N–H and O–H groups in total. The zero-order valence-electron chi connectivity index (χ0n) is 19.7. The number of ether oxygens (including phenoxy) is 3. The van der Waals surface area contributed by atoms with Gasteiger partial charge in [0, 0.05) is 17.3 Å². The maximum atomic E-state index is 13.0. The Hall–Kier alpha value is -3.43. The molecule has 3 aliphatic heterocycles. The van der Waals surface area contributed by atoms with Gasteiger partial charge in [-0.3, -0.25) is 4.79 Å². The fourth-order valence-electron chi connectivity index (χ4n) is 4.28. The van der Waals surface area contributed by atoms with Crippen molar-refractivity contribution in [3.05, 3.63) is 81.0 Å². The predicted octanol–water partition coefficient (Wildman–Crippen LogP) is 4.91. The molecule has 3 aliphatic rings. The number of hydrogen-bond donors (Lipinski definition) is 1. The minimum Gasteiger partial charge on any atom is -0.463 e. The second-order valence-electron chi connectivity index (χ2n) is 8.31. The van der Waals surface area contributed by atoms with Crippen LogP contribution in [0.3, 0.4) is 0 Å². The Labute approximate surface area is 217 Å². The molecular weight excluding hydrogens is 502 g/mol. The lowest BCUT2D eigenvalue weighted by molar-refractivity contribution is -0.139. The molecule has 0 bridgehead atoms.